The Morgan fingerprint density at radius 3 is 2.75 bits per heavy atom. The van der Waals surface area contributed by atoms with Crippen molar-refractivity contribution in [3.63, 3.8) is 0 Å². The Morgan fingerprint density at radius 1 is 1.15 bits per heavy atom. The first-order valence-corrected chi connectivity index (χ1v) is 7.90. The first kappa shape index (κ1) is 13.5. The highest BCUT2D eigenvalue weighted by atomic mass is 79.9. The third-order valence-corrected chi connectivity index (χ3v) is 4.64. The maximum Gasteiger partial charge on any atom is 0.124 e. The van der Waals surface area contributed by atoms with Crippen LogP contribution in [0.3, 0.4) is 0 Å². The molecule has 2 nitrogen and oxygen atoms in total. The first-order valence-electron chi connectivity index (χ1n) is 6.29. The molecule has 0 saturated heterocycles. The standard InChI is InChI=1S/C16H13BrN2S/c1-10-9-18-7-6-14(10)16-19-15(11(2)20-16)12-4-3-5-13(17)8-12/h3-9H,1-2H3. The first-order chi connectivity index (χ1) is 9.65. The van der Waals surface area contributed by atoms with E-state index in [4.69, 9.17) is 4.98 Å². The molecule has 0 spiro atoms. The molecule has 20 heavy (non-hydrogen) atoms. The maximum atomic E-state index is 4.82. The average Bonchev–Trinajstić information content (AvgIpc) is 2.81. The lowest BCUT2D eigenvalue weighted by Crippen LogP contribution is -1.84. The van der Waals surface area contributed by atoms with Crippen molar-refractivity contribution in [1.82, 2.24) is 9.97 Å². The molecule has 100 valence electrons. The largest absolute Gasteiger partial charge is 0.264 e. The van der Waals surface area contributed by atoms with Crippen LogP contribution in [0.5, 0.6) is 0 Å². The normalized spacial score (nSPS) is 10.8. The summed E-state index contributed by atoms with van der Waals surface area (Å²) in [7, 11) is 0. The minimum Gasteiger partial charge on any atom is -0.264 e. The van der Waals surface area contributed by atoms with Crippen molar-refractivity contribution in [2.24, 2.45) is 0 Å². The molecular weight excluding hydrogens is 332 g/mol. The molecule has 0 aliphatic carbocycles. The van der Waals surface area contributed by atoms with E-state index < -0.39 is 0 Å². The molecule has 3 aromatic rings. The highest BCUT2D eigenvalue weighted by molar-refractivity contribution is 9.10. The van der Waals surface area contributed by atoms with E-state index in [0.29, 0.717) is 0 Å². The predicted octanol–water partition coefficient (Wildman–Crippen LogP) is 5.25. The second-order valence-electron chi connectivity index (χ2n) is 4.62. The number of benzene rings is 1. The van der Waals surface area contributed by atoms with E-state index in [1.54, 1.807) is 11.3 Å². The molecule has 0 amide bonds. The van der Waals surface area contributed by atoms with Crippen molar-refractivity contribution >= 4 is 27.3 Å². The molecule has 0 saturated carbocycles. The fourth-order valence-corrected chi connectivity index (χ4v) is 3.55. The van der Waals surface area contributed by atoms with Crippen LogP contribution in [0.15, 0.2) is 47.2 Å². The smallest absolute Gasteiger partial charge is 0.124 e. The SMILES string of the molecule is Cc1cnccc1-c1nc(-c2cccc(Br)c2)c(C)s1. The van der Waals surface area contributed by atoms with Crippen molar-refractivity contribution in [3.8, 4) is 21.8 Å². The monoisotopic (exact) mass is 344 g/mol. The predicted molar refractivity (Wildman–Crippen MR) is 88.0 cm³/mol. The summed E-state index contributed by atoms with van der Waals surface area (Å²) in [5.74, 6) is 0. The molecule has 0 bridgehead atoms. The summed E-state index contributed by atoms with van der Waals surface area (Å²) in [6.07, 6.45) is 3.70. The number of aryl methyl sites for hydroxylation is 2. The topological polar surface area (TPSA) is 25.8 Å². The number of thiazole rings is 1. The quantitative estimate of drug-likeness (QED) is 0.634. The highest BCUT2D eigenvalue weighted by Crippen LogP contribution is 2.34. The number of pyridine rings is 1. The van der Waals surface area contributed by atoms with Crippen LogP contribution < -0.4 is 0 Å². The summed E-state index contributed by atoms with van der Waals surface area (Å²) in [4.78, 5) is 10.2. The summed E-state index contributed by atoms with van der Waals surface area (Å²) in [6.45, 7) is 4.19. The lowest BCUT2D eigenvalue weighted by Gasteiger charge is -2.00. The zero-order chi connectivity index (χ0) is 14.1. The number of hydrogen-bond acceptors (Lipinski definition) is 3. The van der Waals surface area contributed by atoms with Gasteiger partial charge in [0.25, 0.3) is 0 Å². The van der Waals surface area contributed by atoms with Gasteiger partial charge in [-0.2, -0.15) is 0 Å². The fourth-order valence-electron chi connectivity index (χ4n) is 2.13. The number of nitrogens with zero attached hydrogens (tertiary/aromatic N) is 2. The lowest BCUT2D eigenvalue weighted by atomic mass is 10.1. The molecule has 0 aliphatic heterocycles. The molecule has 0 N–H and O–H groups in total. The van der Waals surface area contributed by atoms with Gasteiger partial charge in [-0.25, -0.2) is 4.98 Å². The Morgan fingerprint density at radius 2 is 2.00 bits per heavy atom. The molecule has 0 unspecified atom stereocenters. The van der Waals surface area contributed by atoms with Crippen molar-refractivity contribution in [2.45, 2.75) is 13.8 Å². The molecule has 2 aromatic heterocycles. The van der Waals surface area contributed by atoms with Gasteiger partial charge in [-0.05, 0) is 37.6 Å². The second kappa shape index (κ2) is 5.46. The third-order valence-electron chi connectivity index (χ3n) is 3.15. The lowest BCUT2D eigenvalue weighted by molar-refractivity contribution is 1.26. The van der Waals surface area contributed by atoms with Gasteiger partial charge in [-0.1, -0.05) is 28.1 Å². The number of hydrogen-bond donors (Lipinski definition) is 0. The van der Waals surface area contributed by atoms with Crippen LogP contribution in [-0.4, -0.2) is 9.97 Å². The van der Waals surface area contributed by atoms with Gasteiger partial charge in [-0.15, -0.1) is 11.3 Å². The minimum absolute atomic E-state index is 1.05. The number of rotatable bonds is 2. The minimum atomic E-state index is 1.05. The maximum absolute atomic E-state index is 4.82. The van der Waals surface area contributed by atoms with Crippen LogP contribution in [0.2, 0.25) is 0 Å². The number of halogens is 1. The van der Waals surface area contributed by atoms with Crippen LogP contribution in [-0.2, 0) is 0 Å². The summed E-state index contributed by atoms with van der Waals surface area (Å²) >= 11 is 5.24. The summed E-state index contributed by atoms with van der Waals surface area (Å²) in [5, 5.41) is 1.05. The van der Waals surface area contributed by atoms with Crippen LogP contribution in [0, 0.1) is 13.8 Å². The van der Waals surface area contributed by atoms with Crippen molar-refractivity contribution in [1.29, 1.82) is 0 Å². The van der Waals surface area contributed by atoms with E-state index in [2.05, 4.69) is 46.9 Å². The van der Waals surface area contributed by atoms with Gasteiger partial charge >= 0.3 is 0 Å². The Labute approximate surface area is 130 Å². The number of aromatic nitrogens is 2. The van der Waals surface area contributed by atoms with E-state index in [9.17, 15) is 0 Å². The molecule has 2 heterocycles. The zero-order valence-electron chi connectivity index (χ0n) is 11.2. The van der Waals surface area contributed by atoms with E-state index in [-0.39, 0.29) is 0 Å². The Bertz CT molecular complexity index is 765. The van der Waals surface area contributed by atoms with Crippen LogP contribution >= 0.6 is 27.3 Å². The van der Waals surface area contributed by atoms with Crippen LogP contribution in [0.1, 0.15) is 10.4 Å². The van der Waals surface area contributed by atoms with E-state index in [1.165, 1.54) is 4.88 Å². The van der Waals surface area contributed by atoms with Gasteiger partial charge in [0, 0.05) is 32.9 Å². The Hall–Kier alpha value is -1.52. The highest BCUT2D eigenvalue weighted by Gasteiger charge is 2.12. The van der Waals surface area contributed by atoms with Gasteiger partial charge in [0.1, 0.15) is 5.01 Å². The molecule has 0 aliphatic rings. The van der Waals surface area contributed by atoms with E-state index in [0.717, 1.165) is 31.9 Å². The summed E-state index contributed by atoms with van der Waals surface area (Å²) in [6, 6.07) is 10.3. The van der Waals surface area contributed by atoms with Gasteiger partial charge in [0.2, 0.25) is 0 Å². The summed E-state index contributed by atoms with van der Waals surface area (Å²) in [5.41, 5.74) is 4.52. The van der Waals surface area contributed by atoms with E-state index in [1.807, 2.05) is 30.6 Å². The van der Waals surface area contributed by atoms with Gasteiger partial charge in [0.15, 0.2) is 0 Å². The van der Waals surface area contributed by atoms with Crippen LogP contribution in [0.4, 0.5) is 0 Å². The van der Waals surface area contributed by atoms with Crippen molar-refractivity contribution < 1.29 is 0 Å². The molecule has 0 radical (unpaired) electrons. The molecule has 0 fully saturated rings. The van der Waals surface area contributed by atoms with Crippen molar-refractivity contribution in [3.05, 3.63) is 57.6 Å². The Balaban J connectivity index is 2.10. The summed E-state index contributed by atoms with van der Waals surface area (Å²) < 4.78 is 1.07. The van der Waals surface area contributed by atoms with Gasteiger partial charge < -0.3 is 0 Å². The fraction of sp³-hybridized carbons (Fsp3) is 0.125. The van der Waals surface area contributed by atoms with Gasteiger partial charge in [0.05, 0.1) is 5.69 Å². The second-order valence-corrected chi connectivity index (χ2v) is 6.74. The van der Waals surface area contributed by atoms with Crippen LogP contribution in [0.25, 0.3) is 21.8 Å². The van der Waals surface area contributed by atoms with Crippen molar-refractivity contribution in [2.75, 3.05) is 0 Å². The molecule has 0 atom stereocenters. The molecule has 3 rings (SSSR count). The molecule has 4 heteroatoms. The zero-order valence-corrected chi connectivity index (χ0v) is 13.6. The third kappa shape index (κ3) is 2.53. The Kier molecular flexibility index (Phi) is 3.68. The van der Waals surface area contributed by atoms with E-state index >= 15 is 0 Å². The molecule has 1 aromatic carbocycles. The van der Waals surface area contributed by atoms with Gasteiger partial charge in [-0.3, -0.25) is 4.98 Å². The molecular formula is C16H13BrN2S. The average molecular weight is 345 g/mol.